The molecule has 4 rings (SSSR count). The lowest BCUT2D eigenvalue weighted by Crippen LogP contribution is -2.35. The third-order valence-electron chi connectivity index (χ3n) is 4.41. The summed E-state index contributed by atoms with van der Waals surface area (Å²) in [5.41, 5.74) is 4.08. The van der Waals surface area contributed by atoms with Gasteiger partial charge in [0.25, 0.3) is 0 Å². The number of benzene rings is 3. The molecule has 1 aromatic heterocycles. The number of aromatic nitrogens is 2. The normalized spacial score (nSPS) is 10.7. The van der Waals surface area contributed by atoms with Gasteiger partial charge in [-0.2, -0.15) is 0 Å². The molecule has 30 heavy (non-hydrogen) atoms. The zero-order valence-electron chi connectivity index (χ0n) is 15.6. The molecule has 0 aliphatic heterocycles. The van der Waals surface area contributed by atoms with Gasteiger partial charge in [0.1, 0.15) is 5.82 Å². The molecule has 0 atom stereocenters. The van der Waals surface area contributed by atoms with Crippen molar-refractivity contribution in [1.82, 2.24) is 15.3 Å². The van der Waals surface area contributed by atoms with Crippen molar-refractivity contribution >= 4 is 63.2 Å². The van der Waals surface area contributed by atoms with E-state index >= 15 is 0 Å². The Morgan fingerprint density at radius 3 is 2.57 bits per heavy atom. The number of nitrogens with one attached hydrogen (secondary N) is 3. The number of amides is 1. The van der Waals surface area contributed by atoms with E-state index in [0.717, 1.165) is 22.2 Å². The molecule has 5 nitrogen and oxygen atoms in total. The predicted molar refractivity (Wildman–Crippen MR) is 126 cm³/mol. The Balaban J connectivity index is 1.45. The van der Waals surface area contributed by atoms with Crippen LogP contribution >= 0.6 is 35.4 Å². The molecule has 0 saturated carbocycles. The fraction of sp³-hybridized carbons (Fsp3) is 0.0455. The zero-order valence-corrected chi connectivity index (χ0v) is 17.9. The molecule has 0 unspecified atom stereocenters. The van der Waals surface area contributed by atoms with Gasteiger partial charge in [-0.1, -0.05) is 47.5 Å². The van der Waals surface area contributed by atoms with Gasteiger partial charge in [-0.05, 0) is 60.2 Å². The second kappa shape index (κ2) is 8.83. The summed E-state index contributed by atoms with van der Waals surface area (Å²) in [4.78, 5) is 20.1. The highest BCUT2D eigenvalue weighted by molar-refractivity contribution is 7.80. The molecule has 8 heteroatoms. The molecular formula is C22H16Cl2N4OS. The summed E-state index contributed by atoms with van der Waals surface area (Å²) in [6.07, 6.45) is 0.186. The SMILES string of the molecule is O=C(Cc1ccc(Cl)cc1)NC(=S)Nc1cc(-c2nc3ccccc3[nH]2)ccc1Cl. The Hall–Kier alpha value is -2.93. The van der Waals surface area contributed by atoms with Gasteiger partial charge < -0.3 is 15.6 Å². The Morgan fingerprint density at radius 1 is 1.03 bits per heavy atom. The van der Waals surface area contributed by atoms with Gasteiger partial charge in [-0.3, -0.25) is 4.79 Å². The number of rotatable bonds is 4. The van der Waals surface area contributed by atoms with Crippen molar-refractivity contribution in [2.45, 2.75) is 6.42 Å². The molecule has 0 spiro atoms. The van der Waals surface area contributed by atoms with Crippen molar-refractivity contribution in [2.75, 3.05) is 5.32 Å². The van der Waals surface area contributed by atoms with Crippen molar-refractivity contribution in [2.24, 2.45) is 0 Å². The van der Waals surface area contributed by atoms with Crippen molar-refractivity contribution in [1.29, 1.82) is 0 Å². The molecule has 0 radical (unpaired) electrons. The van der Waals surface area contributed by atoms with Crippen LogP contribution in [0.25, 0.3) is 22.4 Å². The molecule has 0 saturated heterocycles. The average Bonchev–Trinajstić information content (AvgIpc) is 3.15. The molecule has 3 aromatic carbocycles. The number of hydrogen-bond donors (Lipinski definition) is 3. The number of para-hydroxylation sites is 2. The van der Waals surface area contributed by atoms with E-state index in [9.17, 15) is 4.79 Å². The zero-order chi connectivity index (χ0) is 21.1. The lowest BCUT2D eigenvalue weighted by atomic mass is 10.1. The van der Waals surface area contributed by atoms with Gasteiger partial charge >= 0.3 is 0 Å². The van der Waals surface area contributed by atoms with Crippen LogP contribution in [0.5, 0.6) is 0 Å². The van der Waals surface area contributed by atoms with E-state index < -0.39 is 0 Å². The summed E-state index contributed by atoms with van der Waals surface area (Å²) in [5, 5.41) is 6.91. The number of carbonyl (C=O) groups is 1. The topological polar surface area (TPSA) is 69.8 Å². The van der Waals surface area contributed by atoms with Gasteiger partial charge in [0.2, 0.25) is 5.91 Å². The summed E-state index contributed by atoms with van der Waals surface area (Å²) in [6, 6.07) is 20.3. The number of nitrogens with zero attached hydrogens (tertiary/aromatic N) is 1. The van der Waals surface area contributed by atoms with Crippen molar-refractivity contribution in [3.8, 4) is 11.4 Å². The molecule has 1 amide bonds. The fourth-order valence-electron chi connectivity index (χ4n) is 2.97. The number of anilines is 1. The molecule has 1 heterocycles. The number of aromatic amines is 1. The predicted octanol–water partition coefficient (Wildman–Crippen LogP) is 5.59. The minimum absolute atomic E-state index is 0.164. The van der Waals surface area contributed by atoms with Crippen LogP contribution in [0, 0.1) is 0 Å². The number of H-pyrrole nitrogens is 1. The Morgan fingerprint density at radius 2 is 1.80 bits per heavy atom. The maximum absolute atomic E-state index is 12.3. The van der Waals surface area contributed by atoms with E-state index in [4.69, 9.17) is 35.4 Å². The van der Waals surface area contributed by atoms with Gasteiger partial charge in [0, 0.05) is 10.6 Å². The Bertz CT molecular complexity index is 1200. The molecule has 0 bridgehead atoms. The van der Waals surface area contributed by atoms with Gasteiger partial charge in [0.15, 0.2) is 5.11 Å². The first-order valence-electron chi connectivity index (χ1n) is 9.08. The van der Waals surface area contributed by atoms with Gasteiger partial charge in [0.05, 0.1) is 28.2 Å². The minimum Gasteiger partial charge on any atom is -0.338 e. The van der Waals surface area contributed by atoms with Crippen molar-refractivity contribution in [3.05, 3.63) is 82.3 Å². The first-order valence-corrected chi connectivity index (χ1v) is 10.2. The molecule has 4 aromatic rings. The molecule has 0 aliphatic carbocycles. The first-order chi connectivity index (χ1) is 14.5. The maximum Gasteiger partial charge on any atom is 0.230 e. The lowest BCUT2D eigenvalue weighted by Gasteiger charge is -2.12. The Kier molecular flexibility index (Phi) is 5.99. The minimum atomic E-state index is -0.237. The maximum atomic E-state index is 12.3. The standard InChI is InChI=1S/C22H16Cl2N4OS/c23-15-8-5-13(6-9-15)11-20(29)28-22(30)27-19-12-14(7-10-16(19)24)21-25-17-3-1-2-4-18(17)26-21/h1-10,12H,11H2,(H,25,26)(H2,27,28,29,30). The van der Waals surface area contributed by atoms with Crippen LogP contribution < -0.4 is 10.6 Å². The highest BCUT2D eigenvalue weighted by Crippen LogP contribution is 2.28. The number of fused-ring (bicyclic) bond motifs is 1. The summed E-state index contributed by atoms with van der Waals surface area (Å²) in [7, 11) is 0. The third-order valence-corrected chi connectivity index (χ3v) is 5.19. The van der Waals surface area contributed by atoms with Crippen LogP contribution in [0.2, 0.25) is 10.0 Å². The third kappa shape index (κ3) is 4.79. The van der Waals surface area contributed by atoms with E-state index in [1.54, 1.807) is 30.3 Å². The van der Waals surface area contributed by atoms with Gasteiger partial charge in [-0.15, -0.1) is 0 Å². The molecule has 150 valence electrons. The van der Waals surface area contributed by atoms with E-state index in [1.165, 1.54) is 0 Å². The number of hydrogen-bond acceptors (Lipinski definition) is 3. The second-order valence-corrected chi connectivity index (χ2v) is 7.85. The largest absolute Gasteiger partial charge is 0.338 e. The Labute approximate surface area is 188 Å². The van der Waals surface area contributed by atoms with Crippen molar-refractivity contribution < 1.29 is 4.79 Å². The van der Waals surface area contributed by atoms with Crippen LogP contribution in [0.1, 0.15) is 5.56 Å². The summed E-state index contributed by atoms with van der Waals surface area (Å²) in [6.45, 7) is 0. The molecule has 3 N–H and O–H groups in total. The van der Waals surface area contributed by atoms with Crippen LogP contribution in [0.15, 0.2) is 66.7 Å². The van der Waals surface area contributed by atoms with Crippen LogP contribution in [0.3, 0.4) is 0 Å². The van der Waals surface area contributed by atoms with E-state index in [1.807, 2.05) is 36.4 Å². The summed E-state index contributed by atoms with van der Waals surface area (Å²) < 4.78 is 0. The average molecular weight is 455 g/mol. The molecule has 0 fully saturated rings. The van der Waals surface area contributed by atoms with E-state index in [2.05, 4.69) is 20.6 Å². The lowest BCUT2D eigenvalue weighted by molar-refractivity contribution is -0.119. The second-order valence-electron chi connectivity index (χ2n) is 6.60. The molecule has 0 aliphatic rings. The van der Waals surface area contributed by atoms with Crippen LogP contribution in [-0.2, 0) is 11.2 Å². The molecular weight excluding hydrogens is 439 g/mol. The van der Waals surface area contributed by atoms with Gasteiger partial charge in [-0.25, -0.2) is 4.98 Å². The van der Waals surface area contributed by atoms with Crippen LogP contribution in [0.4, 0.5) is 5.69 Å². The number of thiocarbonyl (C=S) groups is 1. The summed E-state index contributed by atoms with van der Waals surface area (Å²) in [5.74, 6) is 0.480. The van der Waals surface area contributed by atoms with Crippen molar-refractivity contribution in [3.63, 3.8) is 0 Å². The number of carbonyl (C=O) groups excluding carboxylic acids is 1. The van der Waals surface area contributed by atoms with E-state index in [0.29, 0.717) is 21.6 Å². The van der Waals surface area contributed by atoms with E-state index in [-0.39, 0.29) is 17.4 Å². The van der Waals surface area contributed by atoms with Crippen LogP contribution in [-0.4, -0.2) is 21.0 Å². The number of halogens is 2. The monoisotopic (exact) mass is 454 g/mol. The fourth-order valence-corrected chi connectivity index (χ4v) is 3.48. The quantitative estimate of drug-likeness (QED) is 0.351. The highest BCUT2D eigenvalue weighted by atomic mass is 35.5. The summed E-state index contributed by atoms with van der Waals surface area (Å²) >= 11 is 17.5. The number of imidazole rings is 1. The highest BCUT2D eigenvalue weighted by Gasteiger charge is 2.11. The first kappa shape index (κ1) is 20.3. The smallest absolute Gasteiger partial charge is 0.230 e.